The average Bonchev–Trinajstić information content (AvgIpc) is 2.69. The second kappa shape index (κ2) is 8.07. The van der Waals surface area contributed by atoms with Crippen molar-refractivity contribution in [2.24, 2.45) is 0 Å². The van der Waals surface area contributed by atoms with Gasteiger partial charge in [0.15, 0.2) is 17.3 Å². The van der Waals surface area contributed by atoms with Crippen molar-refractivity contribution in [2.75, 3.05) is 0 Å². The average molecular weight is 412 g/mol. The van der Waals surface area contributed by atoms with E-state index in [0.717, 1.165) is 0 Å². The molecular formula is C21H16O7S. The largest absolute Gasteiger partial charge is 0.508 e. The Balaban J connectivity index is 1.70. The molecule has 3 rings (SSSR count). The number of hydrogen-bond donors (Lipinski definition) is 3. The number of phenolic OH excluding ortho intramolecular Hbond substituents is 3. The summed E-state index contributed by atoms with van der Waals surface area (Å²) in [7, 11) is -4.07. The molecule has 0 bridgehead atoms. The first-order valence-corrected chi connectivity index (χ1v) is 9.73. The van der Waals surface area contributed by atoms with Crippen molar-refractivity contribution in [1.29, 1.82) is 0 Å². The second-order valence-electron chi connectivity index (χ2n) is 6.00. The Morgan fingerprint density at radius 1 is 0.828 bits per heavy atom. The highest BCUT2D eigenvalue weighted by atomic mass is 32.2. The van der Waals surface area contributed by atoms with Gasteiger partial charge in [-0.1, -0.05) is 12.1 Å². The van der Waals surface area contributed by atoms with Gasteiger partial charge in [0.2, 0.25) is 0 Å². The van der Waals surface area contributed by atoms with Gasteiger partial charge in [0, 0.05) is 5.56 Å². The molecule has 0 fully saturated rings. The van der Waals surface area contributed by atoms with Crippen molar-refractivity contribution in [3.8, 4) is 23.0 Å². The van der Waals surface area contributed by atoms with Crippen LogP contribution in [0.5, 0.6) is 23.0 Å². The molecule has 0 heterocycles. The molecule has 148 valence electrons. The van der Waals surface area contributed by atoms with Crippen LogP contribution in [0.4, 0.5) is 0 Å². The van der Waals surface area contributed by atoms with Crippen LogP contribution in [0.3, 0.4) is 0 Å². The molecule has 0 spiro atoms. The molecule has 0 saturated carbocycles. The van der Waals surface area contributed by atoms with E-state index in [1.165, 1.54) is 78.9 Å². The number of carbonyl (C=O) groups excluding carboxylic acids is 1. The van der Waals surface area contributed by atoms with Gasteiger partial charge in [0.1, 0.15) is 16.4 Å². The molecule has 0 radical (unpaired) electrons. The Kier molecular flexibility index (Phi) is 5.56. The smallest absolute Gasteiger partial charge is 0.339 e. The first kappa shape index (κ1) is 20.0. The van der Waals surface area contributed by atoms with E-state index < -0.39 is 10.1 Å². The van der Waals surface area contributed by atoms with Crippen molar-refractivity contribution in [3.05, 3.63) is 83.9 Å². The number of phenols is 3. The number of aromatic hydroxyl groups is 3. The van der Waals surface area contributed by atoms with Crippen LogP contribution in [-0.4, -0.2) is 29.5 Å². The van der Waals surface area contributed by atoms with E-state index in [9.17, 15) is 28.5 Å². The highest BCUT2D eigenvalue weighted by molar-refractivity contribution is 7.87. The number of ketones is 1. The molecular weight excluding hydrogens is 396 g/mol. The fourth-order valence-electron chi connectivity index (χ4n) is 2.37. The van der Waals surface area contributed by atoms with Crippen LogP contribution < -0.4 is 4.18 Å². The van der Waals surface area contributed by atoms with Gasteiger partial charge in [-0.2, -0.15) is 8.42 Å². The van der Waals surface area contributed by atoms with Crippen molar-refractivity contribution in [1.82, 2.24) is 0 Å². The van der Waals surface area contributed by atoms with E-state index in [1.54, 1.807) is 0 Å². The fourth-order valence-corrected chi connectivity index (χ4v) is 3.30. The summed E-state index contributed by atoms with van der Waals surface area (Å²) >= 11 is 0. The second-order valence-corrected chi connectivity index (χ2v) is 7.55. The van der Waals surface area contributed by atoms with Crippen LogP contribution in [0.15, 0.2) is 77.7 Å². The van der Waals surface area contributed by atoms with Crippen molar-refractivity contribution in [2.45, 2.75) is 4.90 Å². The lowest BCUT2D eigenvalue weighted by molar-refractivity contribution is 0.104. The van der Waals surface area contributed by atoms with E-state index in [4.69, 9.17) is 4.18 Å². The highest BCUT2D eigenvalue weighted by Gasteiger charge is 2.16. The third kappa shape index (κ3) is 4.94. The molecule has 0 amide bonds. The third-order valence-corrected chi connectivity index (χ3v) is 5.16. The number of hydrogen-bond acceptors (Lipinski definition) is 7. The summed E-state index contributed by atoms with van der Waals surface area (Å²) in [5.41, 5.74) is 0.826. The standard InChI is InChI=1S/C21H16O7S/c22-16-5-9-18(10-6-16)29(26,27)28-17-7-3-15(4-8-17)19(23)11-1-14-2-12-20(24)21(25)13-14/h1-13,22,24-25H. The van der Waals surface area contributed by atoms with Crippen molar-refractivity contribution in [3.63, 3.8) is 0 Å². The summed E-state index contributed by atoms with van der Waals surface area (Å²) in [4.78, 5) is 12.1. The lowest BCUT2D eigenvalue weighted by Crippen LogP contribution is -2.09. The highest BCUT2D eigenvalue weighted by Crippen LogP contribution is 2.25. The van der Waals surface area contributed by atoms with E-state index in [1.807, 2.05) is 0 Å². The van der Waals surface area contributed by atoms with Gasteiger partial charge < -0.3 is 19.5 Å². The molecule has 3 aromatic carbocycles. The van der Waals surface area contributed by atoms with Gasteiger partial charge in [-0.3, -0.25) is 4.79 Å². The van der Waals surface area contributed by atoms with Gasteiger partial charge in [0.25, 0.3) is 0 Å². The molecule has 0 aliphatic heterocycles. The fraction of sp³-hybridized carbons (Fsp3) is 0. The van der Waals surface area contributed by atoms with Crippen molar-refractivity contribution >= 4 is 22.0 Å². The maximum Gasteiger partial charge on any atom is 0.339 e. The maximum absolute atomic E-state index is 12.2. The van der Waals surface area contributed by atoms with Gasteiger partial charge >= 0.3 is 10.1 Å². The summed E-state index contributed by atoms with van der Waals surface area (Å²) in [5, 5.41) is 28.0. The van der Waals surface area contributed by atoms with Crippen LogP contribution in [0.1, 0.15) is 15.9 Å². The summed E-state index contributed by atoms with van der Waals surface area (Å²) in [6.07, 6.45) is 2.76. The van der Waals surface area contributed by atoms with Gasteiger partial charge in [-0.05, 0) is 72.3 Å². The number of carbonyl (C=O) groups is 1. The topological polar surface area (TPSA) is 121 Å². The first-order chi connectivity index (χ1) is 13.7. The maximum atomic E-state index is 12.2. The van der Waals surface area contributed by atoms with Crippen LogP contribution in [0.2, 0.25) is 0 Å². The SMILES string of the molecule is O=C(C=Cc1ccc(O)c(O)c1)c1ccc(OS(=O)(=O)c2ccc(O)cc2)cc1. The zero-order chi connectivity index (χ0) is 21.0. The normalized spacial score (nSPS) is 11.4. The van der Waals surface area contributed by atoms with Gasteiger partial charge in [-0.15, -0.1) is 0 Å². The summed E-state index contributed by atoms with van der Waals surface area (Å²) in [5.74, 6) is -0.933. The zero-order valence-corrected chi connectivity index (χ0v) is 15.7. The lowest BCUT2D eigenvalue weighted by atomic mass is 10.1. The Morgan fingerprint density at radius 2 is 1.48 bits per heavy atom. The molecule has 0 saturated heterocycles. The molecule has 29 heavy (non-hydrogen) atoms. The predicted octanol–water partition coefficient (Wildman–Crippen LogP) is 3.47. The van der Waals surface area contributed by atoms with Crippen LogP contribution >= 0.6 is 0 Å². The lowest BCUT2D eigenvalue weighted by Gasteiger charge is -2.07. The molecule has 0 atom stereocenters. The molecule has 0 unspecified atom stereocenters. The van der Waals surface area contributed by atoms with Crippen LogP contribution in [0, 0.1) is 0 Å². The Bertz CT molecular complexity index is 1160. The summed E-state index contributed by atoms with van der Waals surface area (Å²) in [6.45, 7) is 0. The predicted molar refractivity (Wildman–Crippen MR) is 105 cm³/mol. The molecule has 0 aromatic heterocycles. The molecule has 3 aromatic rings. The van der Waals surface area contributed by atoms with E-state index in [-0.39, 0.29) is 33.7 Å². The Labute approximate surface area is 166 Å². The van der Waals surface area contributed by atoms with Crippen LogP contribution in [0.25, 0.3) is 6.08 Å². The molecule has 7 nitrogen and oxygen atoms in total. The molecule has 3 N–H and O–H groups in total. The van der Waals surface area contributed by atoms with Gasteiger partial charge in [-0.25, -0.2) is 0 Å². The third-order valence-electron chi connectivity index (χ3n) is 3.90. The first-order valence-electron chi connectivity index (χ1n) is 8.32. The van der Waals surface area contributed by atoms with E-state index in [0.29, 0.717) is 11.1 Å². The number of rotatable bonds is 6. The minimum absolute atomic E-state index is 0.0297. The Hall–Kier alpha value is -3.78. The van der Waals surface area contributed by atoms with E-state index in [2.05, 4.69) is 0 Å². The Morgan fingerprint density at radius 3 is 2.10 bits per heavy atom. The molecule has 0 aliphatic rings. The van der Waals surface area contributed by atoms with Crippen LogP contribution in [-0.2, 0) is 10.1 Å². The van der Waals surface area contributed by atoms with E-state index >= 15 is 0 Å². The van der Waals surface area contributed by atoms with Crippen molar-refractivity contribution < 1.29 is 32.7 Å². The number of allylic oxidation sites excluding steroid dienone is 1. The van der Waals surface area contributed by atoms with Gasteiger partial charge in [0.05, 0.1) is 0 Å². The number of benzene rings is 3. The monoisotopic (exact) mass is 412 g/mol. The quantitative estimate of drug-likeness (QED) is 0.245. The minimum Gasteiger partial charge on any atom is -0.508 e. The zero-order valence-electron chi connectivity index (χ0n) is 14.9. The molecule has 0 aliphatic carbocycles. The summed E-state index contributed by atoms with van der Waals surface area (Å²) < 4.78 is 29.5. The molecule has 8 heteroatoms. The minimum atomic E-state index is -4.07. The summed E-state index contributed by atoms with van der Waals surface area (Å²) in [6, 6.07) is 14.6.